The smallest absolute Gasteiger partial charge is 0.404 e. The van der Waals surface area contributed by atoms with E-state index in [2.05, 4.69) is 15.6 Å². The van der Waals surface area contributed by atoms with Crippen molar-refractivity contribution in [1.82, 2.24) is 10.3 Å². The van der Waals surface area contributed by atoms with Crippen molar-refractivity contribution < 1.29 is 14.7 Å². The number of rotatable bonds is 7. The maximum Gasteiger partial charge on any atom is 0.404 e. The van der Waals surface area contributed by atoms with Crippen LogP contribution in [0.2, 0.25) is 0 Å². The molecule has 0 aliphatic heterocycles. The summed E-state index contributed by atoms with van der Waals surface area (Å²) in [5, 5.41) is 14.1. The van der Waals surface area contributed by atoms with Gasteiger partial charge in [0.1, 0.15) is 0 Å². The average Bonchev–Trinajstić information content (AvgIpc) is 2.73. The summed E-state index contributed by atoms with van der Waals surface area (Å²) < 4.78 is 0. The van der Waals surface area contributed by atoms with Crippen LogP contribution < -0.4 is 10.6 Å². The molecule has 0 aliphatic rings. The standard InChI is InChI=1S/C22H21N3O3/c26-21(19(15-24-22(27)28)14-16-4-2-1-3-5-16)25-20-8-6-17(7-9-20)18-10-12-23-13-11-18/h1-13,19,24H,14-15H2,(H,25,26)(H,27,28). The number of aromatic nitrogens is 1. The maximum absolute atomic E-state index is 12.7. The van der Waals surface area contributed by atoms with E-state index in [0.29, 0.717) is 12.1 Å². The summed E-state index contributed by atoms with van der Waals surface area (Å²) in [6.45, 7) is 0.0468. The lowest BCUT2D eigenvalue weighted by Crippen LogP contribution is -2.36. The van der Waals surface area contributed by atoms with Crippen molar-refractivity contribution in [3.63, 3.8) is 0 Å². The van der Waals surface area contributed by atoms with Crippen LogP contribution in [0.5, 0.6) is 0 Å². The molecule has 0 spiro atoms. The normalized spacial score (nSPS) is 11.4. The van der Waals surface area contributed by atoms with Crippen LogP contribution in [0.15, 0.2) is 79.1 Å². The molecular weight excluding hydrogens is 354 g/mol. The monoisotopic (exact) mass is 375 g/mol. The van der Waals surface area contributed by atoms with Gasteiger partial charge in [-0.05, 0) is 47.4 Å². The van der Waals surface area contributed by atoms with E-state index >= 15 is 0 Å². The lowest BCUT2D eigenvalue weighted by Gasteiger charge is -2.17. The number of carboxylic acid groups (broad SMARTS) is 1. The molecule has 3 N–H and O–H groups in total. The molecule has 28 heavy (non-hydrogen) atoms. The molecule has 1 heterocycles. The fourth-order valence-corrected chi connectivity index (χ4v) is 2.90. The first-order valence-corrected chi connectivity index (χ1v) is 8.94. The van der Waals surface area contributed by atoms with Crippen LogP contribution >= 0.6 is 0 Å². The van der Waals surface area contributed by atoms with Crippen LogP contribution in [0, 0.1) is 5.92 Å². The third-order valence-corrected chi connectivity index (χ3v) is 4.36. The van der Waals surface area contributed by atoms with Gasteiger partial charge in [-0.2, -0.15) is 0 Å². The Morgan fingerprint density at radius 2 is 1.54 bits per heavy atom. The van der Waals surface area contributed by atoms with Crippen molar-refractivity contribution in [1.29, 1.82) is 0 Å². The van der Waals surface area contributed by atoms with E-state index in [1.165, 1.54) is 0 Å². The summed E-state index contributed by atoms with van der Waals surface area (Å²) >= 11 is 0. The topological polar surface area (TPSA) is 91.3 Å². The molecular formula is C22H21N3O3. The SMILES string of the molecule is O=C(O)NCC(Cc1ccccc1)C(=O)Nc1ccc(-c2ccncc2)cc1. The largest absolute Gasteiger partial charge is 0.465 e. The number of carbonyl (C=O) groups is 2. The van der Waals surface area contributed by atoms with Crippen LogP contribution in [-0.4, -0.2) is 28.6 Å². The molecule has 0 saturated carbocycles. The highest BCUT2D eigenvalue weighted by molar-refractivity contribution is 5.93. The van der Waals surface area contributed by atoms with Crippen LogP contribution in [0.3, 0.4) is 0 Å². The zero-order valence-electron chi connectivity index (χ0n) is 15.2. The van der Waals surface area contributed by atoms with Crippen molar-refractivity contribution in [3.8, 4) is 11.1 Å². The number of nitrogens with one attached hydrogen (secondary N) is 2. The van der Waals surface area contributed by atoms with Gasteiger partial charge in [0.05, 0.1) is 5.92 Å². The fourth-order valence-electron chi connectivity index (χ4n) is 2.90. The minimum absolute atomic E-state index is 0.0468. The van der Waals surface area contributed by atoms with Crippen molar-refractivity contribution in [2.45, 2.75) is 6.42 Å². The first-order chi connectivity index (χ1) is 13.6. The highest BCUT2D eigenvalue weighted by Crippen LogP contribution is 2.21. The molecule has 0 aliphatic carbocycles. The first kappa shape index (κ1) is 19.1. The molecule has 0 fully saturated rings. The van der Waals surface area contributed by atoms with E-state index in [1.807, 2.05) is 66.7 Å². The third kappa shape index (κ3) is 5.41. The summed E-state index contributed by atoms with van der Waals surface area (Å²) in [7, 11) is 0. The average molecular weight is 375 g/mol. The van der Waals surface area contributed by atoms with Crippen LogP contribution in [-0.2, 0) is 11.2 Å². The molecule has 142 valence electrons. The Morgan fingerprint density at radius 1 is 0.893 bits per heavy atom. The Bertz CT molecular complexity index is 913. The Balaban J connectivity index is 1.69. The maximum atomic E-state index is 12.7. The molecule has 2 amide bonds. The highest BCUT2D eigenvalue weighted by Gasteiger charge is 2.20. The summed E-state index contributed by atoms with van der Waals surface area (Å²) in [5.41, 5.74) is 3.70. The van der Waals surface area contributed by atoms with E-state index in [-0.39, 0.29) is 12.5 Å². The van der Waals surface area contributed by atoms with Gasteiger partial charge in [0, 0.05) is 24.6 Å². The molecule has 0 saturated heterocycles. The van der Waals surface area contributed by atoms with Crippen LogP contribution in [0.25, 0.3) is 11.1 Å². The molecule has 2 aromatic carbocycles. The molecule has 1 unspecified atom stereocenters. The summed E-state index contributed by atoms with van der Waals surface area (Å²) in [6, 6.07) is 20.9. The van der Waals surface area contributed by atoms with E-state index in [9.17, 15) is 9.59 Å². The zero-order chi connectivity index (χ0) is 19.8. The van der Waals surface area contributed by atoms with Crippen LogP contribution in [0.4, 0.5) is 10.5 Å². The zero-order valence-corrected chi connectivity index (χ0v) is 15.2. The van der Waals surface area contributed by atoms with Crippen molar-refractivity contribution in [2.24, 2.45) is 5.92 Å². The van der Waals surface area contributed by atoms with Gasteiger partial charge in [-0.15, -0.1) is 0 Å². The number of nitrogens with zero attached hydrogens (tertiary/aromatic N) is 1. The van der Waals surface area contributed by atoms with Gasteiger partial charge in [-0.25, -0.2) is 4.79 Å². The van der Waals surface area contributed by atoms with Crippen molar-refractivity contribution in [2.75, 3.05) is 11.9 Å². The van der Waals surface area contributed by atoms with E-state index in [4.69, 9.17) is 5.11 Å². The Kier molecular flexibility index (Phi) is 6.36. The van der Waals surface area contributed by atoms with Crippen LogP contribution in [0.1, 0.15) is 5.56 Å². The number of carbonyl (C=O) groups excluding carboxylic acids is 1. The molecule has 6 heteroatoms. The highest BCUT2D eigenvalue weighted by atomic mass is 16.4. The number of hydrogen-bond acceptors (Lipinski definition) is 3. The van der Waals surface area contributed by atoms with Gasteiger partial charge >= 0.3 is 6.09 Å². The minimum Gasteiger partial charge on any atom is -0.465 e. The van der Waals surface area contributed by atoms with E-state index in [0.717, 1.165) is 16.7 Å². The molecule has 3 rings (SSSR count). The lowest BCUT2D eigenvalue weighted by atomic mass is 9.98. The Labute approximate surface area is 163 Å². The van der Waals surface area contributed by atoms with E-state index in [1.54, 1.807) is 12.4 Å². The number of benzene rings is 2. The number of anilines is 1. The van der Waals surface area contributed by atoms with Crippen molar-refractivity contribution >= 4 is 17.7 Å². The summed E-state index contributed by atoms with van der Waals surface area (Å²) in [5.74, 6) is -0.743. The fraction of sp³-hybridized carbons (Fsp3) is 0.136. The molecule has 6 nitrogen and oxygen atoms in total. The summed E-state index contributed by atoms with van der Waals surface area (Å²) in [4.78, 5) is 27.6. The van der Waals surface area contributed by atoms with Crippen molar-refractivity contribution in [3.05, 3.63) is 84.7 Å². The van der Waals surface area contributed by atoms with Gasteiger partial charge in [0.2, 0.25) is 5.91 Å². The third-order valence-electron chi connectivity index (χ3n) is 4.36. The van der Waals surface area contributed by atoms with Gasteiger partial charge < -0.3 is 15.7 Å². The Morgan fingerprint density at radius 3 is 2.18 bits per heavy atom. The van der Waals surface area contributed by atoms with Gasteiger partial charge in [0.15, 0.2) is 0 Å². The second-order valence-corrected chi connectivity index (χ2v) is 6.38. The van der Waals surface area contributed by atoms with Gasteiger partial charge in [0.25, 0.3) is 0 Å². The number of amides is 2. The lowest BCUT2D eigenvalue weighted by molar-refractivity contribution is -0.119. The van der Waals surface area contributed by atoms with Gasteiger partial charge in [-0.3, -0.25) is 9.78 Å². The molecule has 0 radical (unpaired) electrons. The number of pyridine rings is 1. The Hall–Kier alpha value is -3.67. The number of hydrogen-bond donors (Lipinski definition) is 3. The quantitative estimate of drug-likeness (QED) is 0.585. The molecule has 0 bridgehead atoms. The minimum atomic E-state index is -1.15. The van der Waals surface area contributed by atoms with E-state index < -0.39 is 12.0 Å². The van der Waals surface area contributed by atoms with Gasteiger partial charge in [-0.1, -0.05) is 42.5 Å². The predicted octanol–water partition coefficient (Wildman–Crippen LogP) is 3.81. The molecule has 1 atom stereocenters. The molecule has 1 aromatic heterocycles. The second-order valence-electron chi connectivity index (χ2n) is 6.38. The predicted molar refractivity (Wildman–Crippen MR) is 108 cm³/mol. The molecule has 3 aromatic rings. The second kappa shape index (κ2) is 9.32. The first-order valence-electron chi connectivity index (χ1n) is 8.94. The summed E-state index contributed by atoms with van der Waals surface area (Å²) in [6.07, 6.45) is 2.76.